The molecule has 0 saturated heterocycles. The van der Waals surface area contributed by atoms with Crippen molar-refractivity contribution >= 4 is 17.5 Å². The quantitative estimate of drug-likeness (QED) is 0.687. The van der Waals surface area contributed by atoms with E-state index in [1.165, 1.54) is 24.8 Å². The molecule has 1 aromatic heterocycles. The molecule has 0 unspecified atom stereocenters. The first-order valence-electron chi connectivity index (χ1n) is 5.64. The molecule has 1 heterocycles. The highest BCUT2D eigenvalue weighted by molar-refractivity contribution is 7.98. The largest absolute Gasteiger partial charge is 0.507 e. The highest BCUT2D eigenvalue weighted by Crippen LogP contribution is 2.30. The van der Waals surface area contributed by atoms with E-state index in [-0.39, 0.29) is 17.1 Å². The molecular formula is C14H12FNO2S. The van der Waals surface area contributed by atoms with Crippen molar-refractivity contribution < 1.29 is 14.3 Å². The molecule has 1 N–H and O–H groups in total. The van der Waals surface area contributed by atoms with E-state index >= 15 is 0 Å². The third-order valence-corrected chi connectivity index (χ3v) is 3.54. The molecule has 0 aliphatic heterocycles. The number of rotatable bonds is 4. The highest BCUT2D eigenvalue weighted by Gasteiger charge is 2.13. The van der Waals surface area contributed by atoms with Crippen LogP contribution >= 0.6 is 11.8 Å². The number of phenolic OH excluding ortho intramolecular Hbond substituents is 1. The molecule has 0 radical (unpaired) electrons. The predicted octanol–water partition coefficient (Wildman–Crippen LogP) is 3.42. The minimum Gasteiger partial charge on any atom is -0.507 e. The van der Waals surface area contributed by atoms with E-state index in [0.717, 1.165) is 11.1 Å². The Balaban J connectivity index is 2.23. The number of Topliss-reactive ketones (excluding diaryl/α,β-unsaturated/α-hetero) is 1. The van der Waals surface area contributed by atoms with Crippen molar-refractivity contribution in [2.75, 3.05) is 0 Å². The lowest BCUT2D eigenvalue weighted by atomic mass is 10.1. The maximum absolute atomic E-state index is 13.4. The van der Waals surface area contributed by atoms with Gasteiger partial charge < -0.3 is 5.11 Å². The standard InChI is InChI=1S/C14H12FNO2S/c1-9(17)12-7-11(15)6-10(14(12)18)8-19-13-4-2-3-5-16-13/h2-7,18H,8H2,1H3. The summed E-state index contributed by atoms with van der Waals surface area (Å²) in [4.78, 5) is 15.4. The van der Waals surface area contributed by atoms with Crippen molar-refractivity contribution in [2.24, 2.45) is 0 Å². The lowest BCUT2D eigenvalue weighted by Crippen LogP contribution is -1.97. The van der Waals surface area contributed by atoms with Gasteiger partial charge in [-0.15, -0.1) is 11.8 Å². The summed E-state index contributed by atoms with van der Waals surface area (Å²) in [7, 11) is 0. The van der Waals surface area contributed by atoms with Crippen LogP contribution < -0.4 is 0 Å². The SMILES string of the molecule is CC(=O)c1cc(F)cc(CSc2ccccn2)c1O. The molecule has 5 heteroatoms. The first-order chi connectivity index (χ1) is 9.08. The predicted molar refractivity (Wildman–Crippen MR) is 71.9 cm³/mol. The number of aromatic nitrogens is 1. The van der Waals surface area contributed by atoms with Gasteiger partial charge in [0.25, 0.3) is 0 Å². The van der Waals surface area contributed by atoms with Gasteiger partial charge in [0.2, 0.25) is 0 Å². The fraction of sp³-hybridized carbons (Fsp3) is 0.143. The maximum atomic E-state index is 13.4. The van der Waals surface area contributed by atoms with Crippen molar-refractivity contribution in [3.05, 3.63) is 53.5 Å². The fourth-order valence-corrected chi connectivity index (χ4v) is 2.45. The van der Waals surface area contributed by atoms with Gasteiger partial charge in [-0.05, 0) is 31.2 Å². The number of ketones is 1. The number of carbonyl (C=O) groups is 1. The van der Waals surface area contributed by atoms with Crippen molar-refractivity contribution in [3.63, 3.8) is 0 Å². The Hall–Kier alpha value is -1.88. The van der Waals surface area contributed by atoms with Crippen LogP contribution in [0, 0.1) is 5.82 Å². The molecule has 3 nitrogen and oxygen atoms in total. The maximum Gasteiger partial charge on any atom is 0.163 e. The van der Waals surface area contributed by atoms with Crippen LogP contribution in [0.25, 0.3) is 0 Å². The Kier molecular flexibility index (Phi) is 4.16. The van der Waals surface area contributed by atoms with Gasteiger partial charge in [0.1, 0.15) is 11.6 Å². The van der Waals surface area contributed by atoms with E-state index in [2.05, 4.69) is 4.98 Å². The number of carbonyl (C=O) groups excluding carboxylic acids is 1. The van der Waals surface area contributed by atoms with E-state index in [9.17, 15) is 14.3 Å². The smallest absolute Gasteiger partial charge is 0.163 e. The van der Waals surface area contributed by atoms with Crippen LogP contribution in [0.3, 0.4) is 0 Å². The molecule has 0 saturated carbocycles. The summed E-state index contributed by atoms with van der Waals surface area (Å²) < 4.78 is 13.4. The van der Waals surface area contributed by atoms with Crippen LogP contribution in [-0.4, -0.2) is 15.9 Å². The fourth-order valence-electron chi connectivity index (χ4n) is 1.62. The zero-order valence-electron chi connectivity index (χ0n) is 10.3. The Labute approximate surface area is 114 Å². The highest BCUT2D eigenvalue weighted by atomic mass is 32.2. The Morgan fingerprint density at radius 2 is 2.21 bits per heavy atom. The molecule has 0 bridgehead atoms. The van der Waals surface area contributed by atoms with E-state index in [1.807, 2.05) is 12.1 Å². The van der Waals surface area contributed by atoms with Crippen LogP contribution in [0.1, 0.15) is 22.8 Å². The van der Waals surface area contributed by atoms with Gasteiger partial charge >= 0.3 is 0 Å². The normalized spacial score (nSPS) is 10.4. The molecule has 0 amide bonds. The topological polar surface area (TPSA) is 50.2 Å². The molecule has 0 atom stereocenters. The van der Waals surface area contributed by atoms with Gasteiger partial charge in [-0.25, -0.2) is 9.37 Å². The average molecular weight is 277 g/mol. The minimum atomic E-state index is -0.528. The average Bonchev–Trinajstić information content (AvgIpc) is 2.40. The number of phenols is 1. The van der Waals surface area contributed by atoms with E-state index in [1.54, 1.807) is 12.3 Å². The third kappa shape index (κ3) is 3.32. The summed E-state index contributed by atoms with van der Waals surface area (Å²) in [6, 6.07) is 7.76. The summed E-state index contributed by atoms with van der Waals surface area (Å²) in [5.74, 6) is -0.695. The number of aromatic hydroxyl groups is 1. The van der Waals surface area contributed by atoms with Gasteiger partial charge in [0.15, 0.2) is 5.78 Å². The van der Waals surface area contributed by atoms with E-state index in [4.69, 9.17) is 0 Å². The van der Waals surface area contributed by atoms with Crippen molar-refractivity contribution in [3.8, 4) is 5.75 Å². The number of hydrogen-bond acceptors (Lipinski definition) is 4. The molecule has 0 aliphatic rings. The van der Waals surface area contributed by atoms with Crippen LogP contribution in [0.5, 0.6) is 5.75 Å². The van der Waals surface area contributed by atoms with Crippen molar-refractivity contribution in [1.29, 1.82) is 0 Å². The summed E-state index contributed by atoms with van der Waals surface area (Å²) >= 11 is 1.37. The van der Waals surface area contributed by atoms with E-state index in [0.29, 0.717) is 11.3 Å². The number of hydrogen-bond donors (Lipinski definition) is 1. The monoisotopic (exact) mass is 277 g/mol. The number of nitrogens with zero attached hydrogens (tertiary/aromatic N) is 1. The second-order valence-corrected chi connectivity index (χ2v) is 4.97. The molecule has 0 fully saturated rings. The number of benzene rings is 1. The Morgan fingerprint density at radius 1 is 1.42 bits per heavy atom. The van der Waals surface area contributed by atoms with Gasteiger partial charge in [-0.2, -0.15) is 0 Å². The van der Waals surface area contributed by atoms with Crippen LogP contribution in [0.15, 0.2) is 41.6 Å². The summed E-state index contributed by atoms with van der Waals surface area (Å²) in [6.45, 7) is 1.30. The van der Waals surface area contributed by atoms with Crippen LogP contribution in [0.2, 0.25) is 0 Å². The zero-order valence-corrected chi connectivity index (χ0v) is 11.1. The minimum absolute atomic E-state index is 0.0108. The molecular weight excluding hydrogens is 265 g/mol. The van der Waals surface area contributed by atoms with Crippen LogP contribution in [-0.2, 0) is 5.75 Å². The van der Waals surface area contributed by atoms with Gasteiger partial charge in [0.05, 0.1) is 10.6 Å². The molecule has 0 spiro atoms. The first kappa shape index (κ1) is 13.5. The Bertz CT molecular complexity index is 602. The second-order valence-electron chi connectivity index (χ2n) is 3.97. The molecule has 98 valence electrons. The van der Waals surface area contributed by atoms with Crippen molar-refractivity contribution in [1.82, 2.24) is 4.98 Å². The van der Waals surface area contributed by atoms with Gasteiger partial charge in [-0.1, -0.05) is 6.07 Å². The zero-order chi connectivity index (χ0) is 13.8. The van der Waals surface area contributed by atoms with E-state index < -0.39 is 5.82 Å². The lowest BCUT2D eigenvalue weighted by Gasteiger charge is -2.08. The Morgan fingerprint density at radius 3 is 2.84 bits per heavy atom. The number of thioether (sulfide) groups is 1. The number of pyridine rings is 1. The molecule has 19 heavy (non-hydrogen) atoms. The summed E-state index contributed by atoms with van der Waals surface area (Å²) in [6.07, 6.45) is 1.66. The molecule has 2 aromatic rings. The first-order valence-corrected chi connectivity index (χ1v) is 6.62. The summed E-state index contributed by atoms with van der Waals surface area (Å²) in [5, 5.41) is 10.7. The second kappa shape index (κ2) is 5.84. The van der Waals surface area contributed by atoms with Gasteiger partial charge in [0, 0.05) is 17.5 Å². The van der Waals surface area contributed by atoms with Crippen molar-refractivity contribution in [2.45, 2.75) is 17.7 Å². The molecule has 2 rings (SSSR count). The molecule has 0 aliphatic carbocycles. The summed E-state index contributed by atoms with van der Waals surface area (Å²) in [5.41, 5.74) is 0.400. The molecule has 1 aromatic carbocycles. The lowest BCUT2D eigenvalue weighted by molar-refractivity contribution is 0.101. The van der Waals surface area contributed by atoms with Crippen LogP contribution in [0.4, 0.5) is 4.39 Å². The number of halogens is 1. The van der Waals surface area contributed by atoms with Gasteiger partial charge in [-0.3, -0.25) is 4.79 Å². The third-order valence-electron chi connectivity index (χ3n) is 2.55.